The Kier molecular flexibility index (Phi) is 3.62. The normalized spacial score (nSPS) is 10.7. The molecule has 0 unspecified atom stereocenters. The molecular weight excluding hydrogens is 164 g/mol. The summed E-state index contributed by atoms with van der Waals surface area (Å²) in [5.41, 5.74) is 0. The van der Waals surface area contributed by atoms with Crippen molar-refractivity contribution in [2.24, 2.45) is 0 Å². The Hall–Kier alpha value is -0.240. The third-order valence-electron chi connectivity index (χ3n) is 0.455. The zero-order valence-corrected chi connectivity index (χ0v) is 6.07. The average molecular weight is 169 g/mol. The van der Waals surface area contributed by atoms with E-state index in [-0.39, 0.29) is 6.61 Å². The van der Waals surface area contributed by atoms with E-state index in [9.17, 15) is 8.42 Å². The van der Waals surface area contributed by atoms with Crippen LogP contribution < -0.4 is 0 Å². The van der Waals surface area contributed by atoms with Crippen LogP contribution in [0.15, 0.2) is 0 Å². The predicted molar refractivity (Wildman–Crippen MR) is 34.4 cm³/mol. The summed E-state index contributed by atoms with van der Waals surface area (Å²) in [5, 5.41) is -0.561. The first-order valence-corrected chi connectivity index (χ1v) is 4.10. The number of terminal acetylenes is 1. The van der Waals surface area contributed by atoms with Gasteiger partial charge in [-0.15, -0.1) is 18.0 Å². The monoisotopic (exact) mass is 168 g/mol. The standard InChI is InChI=1S/C4H5ClO3S/c1-2-3-8-9(6,7)4-5/h1H,3-4H2. The van der Waals surface area contributed by atoms with Crippen molar-refractivity contribution in [3.05, 3.63) is 0 Å². The van der Waals surface area contributed by atoms with Crippen LogP contribution in [0.3, 0.4) is 0 Å². The molecule has 0 bridgehead atoms. The van der Waals surface area contributed by atoms with E-state index >= 15 is 0 Å². The van der Waals surface area contributed by atoms with Crippen LogP contribution in [0.5, 0.6) is 0 Å². The molecule has 0 amide bonds. The SMILES string of the molecule is C#CCOS(=O)(=O)CCl. The van der Waals surface area contributed by atoms with Gasteiger partial charge in [-0.3, -0.25) is 4.18 Å². The third-order valence-corrected chi connectivity index (χ3v) is 2.00. The van der Waals surface area contributed by atoms with Gasteiger partial charge in [-0.2, -0.15) is 8.42 Å². The van der Waals surface area contributed by atoms with Gasteiger partial charge in [0.1, 0.15) is 11.8 Å². The van der Waals surface area contributed by atoms with Crippen molar-refractivity contribution in [3.63, 3.8) is 0 Å². The Balaban J connectivity index is 3.78. The molecular formula is C4H5ClO3S. The maximum Gasteiger partial charge on any atom is 0.282 e. The van der Waals surface area contributed by atoms with Crippen LogP contribution in [0.1, 0.15) is 0 Å². The fraction of sp³-hybridized carbons (Fsp3) is 0.500. The number of halogens is 1. The molecule has 0 aromatic rings. The molecule has 0 N–H and O–H groups in total. The molecule has 0 aromatic heterocycles. The molecule has 0 atom stereocenters. The van der Waals surface area contributed by atoms with Crippen LogP contribution in [-0.4, -0.2) is 20.2 Å². The zero-order valence-electron chi connectivity index (χ0n) is 4.50. The molecule has 0 saturated heterocycles. The summed E-state index contributed by atoms with van der Waals surface area (Å²) in [6.45, 7) is -0.255. The summed E-state index contributed by atoms with van der Waals surface area (Å²) < 4.78 is 24.7. The lowest BCUT2D eigenvalue weighted by molar-refractivity contribution is 0.366. The van der Waals surface area contributed by atoms with Gasteiger partial charge < -0.3 is 0 Å². The summed E-state index contributed by atoms with van der Waals surface area (Å²) in [5.74, 6) is 2.00. The van der Waals surface area contributed by atoms with Crippen LogP contribution in [-0.2, 0) is 14.3 Å². The number of hydrogen-bond acceptors (Lipinski definition) is 3. The van der Waals surface area contributed by atoms with Crippen molar-refractivity contribution in [3.8, 4) is 12.3 Å². The van der Waals surface area contributed by atoms with E-state index in [0.29, 0.717) is 0 Å². The second-order valence-electron chi connectivity index (χ2n) is 1.13. The van der Waals surface area contributed by atoms with Gasteiger partial charge in [-0.05, 0) is 0 Å². The van der Waals surface area contributed by atoms with E-state index in [4.69, 9.17) is 18.0 Å². The fourth-order valence-corrected chi connectivity index (χ4v) is 0.655. The first-order chi connectivity index (χ1) is 4.12. The number of alkyl halides is 1. The van der Waals surface area contributed by atoms with Crippen LogP contribution in [0.2, 0.25) is 0 Å². The smallest absolute Gasteiger partial charge is 0.256 e. The maximum atomic E-state index is 10.3. The molecule has 0 aliphatic carbocycles. The highest BCUT2D eigenvalue weighted by Crippen LogP contribution is 1.93. The summed E-state index contributed by atoms with van der Waals surface area (Å²) in [7, 11) is -3.56. The Morgan fingerprint density at radius 2 is 2.22 bits per heavy atom. The van der Waals surface area contributed by atoms with Crippen LogP contribution >= 0.6 is 11.6 Å². The first kappa shape index (κ1) is 8.76. The Labute approximate surface area is 59.1 Å². The summed E-state index contributed by atoms with van der Waals surface area (Å²) in [4.78, 5) is 0. The minimum absolute atomic E-state index is 0.255. The van der Waals surface area contributed by atoms with E-state index in [0.717, 1.165) is 0 Å². The molecule has 0 rings (SSSR count). The van der Waals surface area contributed by atoms with Gasteiger partial charge in [0.2, 0.25) is 0 Å². The molecule has 0 aliphatic rings. The molecule has 0 aromatic carbocycles. The third kappa shape index (κ3) is 4.28. The zero-order chi connectivity index (χ0) is 7.33. The molecule has 0 radical (unpaired) electrons. The summed E-state index contributed by atoms with van der Waals surface area (Å²) >= 11 is 4.95. The second-order valence-corrected chi connectivity index (χ2v) is 3.36. The van der Waals surface area contributed by atoms with Crippen molar-refractivity contribution in [1.82, 2.24) is 0 Å². The predicted octanol–water partition coefficient (Wildman–Crippen LogP) is 0.162. The Bertz CT molecular complexity index is 200. The molecule has 3 nitrogen and oxygen atoms in total. The van der Waals surface area contributed by atoms with Gasteiger partial charge in [0.15, 0.2) is 0 Å². The molecule has 5 heteroatoms. The minimum Gasteiger partial charge on any atom is -0.256 e. The molecule has 0 fully saturated rings. The van der Waals surface area contributed by atoms with Crippen molar-refractivity contribution < 1.29 is 12.6 Å². The van der Waals surface area contributed by atoms with E-state index in [2.05, 4.69) is 4.18 Å². The minimum atomic E-state index is -3.56. The van der Waals surface area contributed by atoms with Crippen LogP contribution in [0, 0.1) is 12.3 Å². The highest BCUT2D eigenvalue weighted by Gasteiger charge is 2.05. The summed E-state index contributed by atoms with van der Waals surface area (Å²) in [6, 6.07) is 0. The lowest BCUT2D eigenvalue weighted by Crippen LogP contribution is -2.06. The van der Waals surface area contributed by atoms with Crippen LogP contribution in [0.25, 0.3) is 0 Å². The fourth-order valence-electron chi connectivity index (χ4n) is 0.155. The topological polar surface area (TPSA) is 43.4 Å². The van der Waals surface area contributed by atoms with E-state index in [1.165, 1.54) is 0 Å². The van der Waals surface area contributed by atoms with Gasteiger partial charge in [-0.1, -0.05) is 5.92 Å². The van der Waals surface area contributed by atoms with Gasteiger partial charge in [-0.25, -0.2) is 0 Å². The van der Waals surface area contributed by atoms with Crippen LogP contribution in [0.4, 0.5) is 0 Å². The van der Waals surface area contributed by atoms with Gasteiger partial charge in [0, 0.05) is 0 Å². The molecule has 0 aliphatic heterocycles. The molecule has 52 valence electrons. The largest absolute Gasteiger partial charge is 0.282 e. The summed E-state index contributed by atoms with van der Waals surface area (Å²) in [6.07, 6.45) is 4.71. The van der Waals surface area contributed by atoms with Gasteiger partial charge in [0.25, 0.3) is 10.1 Å². The molecule has 0 heterocycles. The van der Waals surface area contributed by atoms with E-state index in [1.54, 1.807) is 0 Å². The second kappa shape index (κ2) is 3.72. The number of hydrogen-bond donors (Lipinski definition) is 0. The highest BCUT2D eigenvalue weighted by atomic mass is 35.5. The molecule has 0 spiro atoms. The number of rotatable bonds is 3. The van der Waals surface area contributed by atoms with Gasteiger partial charge in [0.05, 0.1) is 0 Å². The lowest BCUT2D eigenvalue weighted by atomic mass is 10.8. The van der Waals surface area contributed by atoms with Gasteiger partial charge >= 0.3 is 0 Å². The van der Waals surface area contributed by atoms with Crippen molar-refractivity contribution >= 4 is 21.7 Å². The van der Waals surface area contributed by atoms with E-state index in [1.807, 2.05) is 5.92 Å². The van der Waals surface area contributed by atoms with E-state index < -0.39 is 15.3 Å². The molecule has 0 saturated carbocycles. The quantitative estimate of drug-likeness (QED) is 0.343. The lowest BCUT2D eigenvalue weighted by Gasteiger charge is -1.94. The van der Waals surface area contributed by atoms with Crippen molar-refractivity contribution in [2.75, 3.05) is 11.8 Å². The average Bonchev–Trinajstić information content (AvgIpc) is 1.84. The highest BCUT2D eigenvalue weighted by molar-refractivity contribution is 7.87. The van der Waals surface area contributed by atoms with Crippen molar-refractivity contribution in [1.29, 1.82) is 0 Å². The Morgan fingerprint density at radius 3 is 2.56 bits per heavy atom. The van der Waals surface area contributed by atoms with Crippen molar-refractivity contribution in [2.45, 2.75) is 0 Å². The maximum absolute atomic E-state index is 10.3. The Morgan fingerprint density at radius 1 is 1.67 bits per heavy atom. The molecule has 9 heavy (non-hydrogen) atoms. The first-order valence-electron chi connectivity index (χ1n) is 1.99.